The van der Waals surface area contributed by atoms with Gasteiger partial charge in [0.15, 0.2) is 0 Å². The van der Waals surface area contributed by atoms with Crippen molar-refractivity contribution in [1.29, 1.82) is 0 Å². The van der Waals surface area contributed by atoms with Crippen molar-refractivity contribution in [2.45, 2.75) is 25.4 Å². The summed E-state index contributed by atoms with van der Waals surface area (Å²) in [5.74, 6) is -0.366. The third-order valence-corrected chi connectivity index (χ3v) is 3.55. The molecule has 16 heavy (non-hydrogen) atoms. The predicted molar refractivity (Wildman–Crippen MR) is 64.0 cm³/mol. The summed E-state index contributed by atoms with van der Waals surface area (Å²) in [5, 5.41) is 0.165. The van der Waals surface area contributed by atoms with Gasteiger partial charge in [-0.1, -0.05) is 24.6 Å². The van der Waals surface area contributed by atoms with E-state index in [1.54, 1.807) is 6.07 Å². The highest BCUT2D eigenvalue weighted by atomic mass is 35.5. The molecule has 2 N–H and O–H groups in total. The van der Waals surface area contributed by atoms with Gasteiger partial charge in [-0.2, -0.15) is 0 Å². The van der Waals surface area contributed by atoms with E-state index in [0.29, 0.717) is 0 Å². The second-order valence-corrected chi connectivity index (χ2v) is 4.61. The fraction of sp³-hybridized carbons (Fsp3) is 0.500. The Morgan fingerprint density at radius 2 is 2.31 bits per heavy atom. The molecule has 1 aromatic rings. The minimum Gasteiger partial charge on any atom is -0.326 e. The van der Waals surface area contributed by atoms with E-state index < -0.39 is 0 Å². The summed E-state index contributed by atoms with van der Waals surface area (Å²) in [4.78, 5) is 2.27. The highest BCUT2D eigenvalue weighted by Gasteiger charge is 2.31. The van der Waals surface area contributed by atoms with Crippen LogP contribution in [-0.2, 0) is 0 Å². The first-order chi connectivity index (χ1) is 7.63. The van der Waals surface area contributed by atoms with Gasteiger partial charge < -0.3 is 5.73 Å². The van der Waals surface area contributed by atoms with Gasteiger partial charge in [0, 0.05) is 12.6 Å². The summed E-state index contributed by atoms with van der Waals surface area (Å²) in [6.45, 7) is 4.01. The van der Waals surface area contributed by atoms with Gasteiger partial charge in [-0.25, -0.2) is 4.39 Å². The molecule has 0 unspecified atom stereocenters. The van der Waals surface area contributed by atoms with E-state index in [9.17, 15) is 4.39 Å². The molecule has 0 amide bonds. The number of likely N-dealkylation sites (N-methyl/N-ethyl adjacent to an activating group) is 1. The van der Waals surface area contributed by atoms with Gasteiger partial charge in [-0.15, -0.1) is 0 Å². The highest BCUT2D eigenvalue weighted by Crippen LogP contribution is 2.32. The zero-order valence-electron chi connectivity index (χ0n) is 9.29. The number of likely N-dealkylation sites (tertiary alicyclic amines) is 1. The van der Waals surface area contributed by atoms with E-state index in [1.165, 1.54) is 6.07 Å². The molecule has 2 rings (SSSR count). The van der Waals surface area contributed by atoms with Gasteiger partial charge in [0.05, 0.1) is 11.1 Å². The summed E-state index contributed by atoms with van der Waals surface area (Å²) in [6.07, 6.45) is 0.961. The van der Waals surface area contributed by atoms with Gasteiger partial charge in [0.1, 0.15) is 5.82 Å². The van der Waals surface area contributed by atoms with E-state index >= 15 is 0 Å². The molecule has 1 fully saturated rings. The lowest BCUT2D eigenvalue weighted by Crippen LogP contribution is -2.31. The second kappa shape index (κ2) is 4.70. The van der Waals surface area contributed by atoms with Crippen molar-refractivity contribution >= 4 is 11.6 Å². The maximum Gasteiger partial charge on any atom is 0.142 e. The molecule has 0 bridgehead atoms. The Bertz CT molecular complexity index is 383. The molecule has 4 heteroatoms. The van der Waals surface area contributed by atoms with Crippen LogP contribution in [0, 0.1) is 5.82 Å². The average molecular weight is 243 g/mol. The smallest absolute Gasteiger partial charge is 0.142 e. The van der Waals surface area contributed by atoms with Crippen LogP contribution in [-0.4, -0.2) is 24.0 Å². The second-order valence-electron chi connectivity index (χ2n) is 4.20. The Kier molecular flexibility index (Phi) is 3.47. The quantitative estimate of drug-likeness (QED) is 0.864. The van der Waals surface area contributed by atoms with Crippen LogP contribution in [0.3, 0.4) is 0 Å². The lowest BCUT2D eigenvalue weighted by Gasteiger charge is -2.25. The van der Waals surface area contributed by atoms with E-state index in [4.69, 9.17) is 17.3 Å². The van der Waals surface area contributed by atoms with Crippen LogP contribution in [0.2, 0.25) is 5.02 Å². The Morgan fingerprint density at radius 3 is 2.94 bits per heavy atom. The predicted octanol–water partition coefficient (Wildman–Crippen LogP) is 2.57. The van der Waals surface area contributed by atoms with Gasteiger partial charge in [0.2, 0.25) is 0 Å². The number of halogens is 2. The lowest BCUT2D eigenvalue weighted by atomic mass is 10.0. The Labute approximate surface area is 100 Å². The molecule has 0 aromatic heterocycles. The van der Waals surface area contributed by atoms with Crippen molar-refractivity contribution < 1.29 is 4.39 Å². The third-order valence-electron chi connectivity index (χ3n) is 3.24. The molecule has 1 aliphatic rings. The normalized spacial score (nSPS) is 26.2. The van der Waals surface area contributed by atoms with Crippen molar-refractivity contribution in [3.63, 3.8) is 0 Å². The van der Waals surface area contributed by atoms with Crippen LogP contribution in [0.4, 0.5) is 4.39 Å². The number of benzene rings is 1. The Morgan fingerprint density at radius 1 is 1.56 bits per heavy atom. The zero-order chi connectivity index (χ0) is 11.7. The molecule has 0 radical (unpaired) electrons. The molecule has 2 atom stereocenters. The lowest BCUT2D eigenvalue weighted by molar-refractivity contribution is 0.260. The van der Waals surface area contributed by atoms with E-state index in [1.807, 2.05) is 6.07 Å². The molecule has 1 aliphatic heterocycles. The molecule has 0 saturated carbocycles. The molecule has 1 saturated heterocycles. The number of hydrogen-bond donors (Lipinski definition) is 1. The fourth-order valence-corrected chi connectivity index (χ4v) is 2.51. The zero-order valence-corrected chi connectivity index (χ0v) is 10.0. The maximum atomic E-state index is 13.4. The van der Waals surface area contributed by atoms with Crippen LogP contribution in [0.1, 0.15) is 24.9 Å². The van der Waals surface area contributed by atoms with E-state index in [0.717, 1.165) is 25.1 Å². The summed E-state index contributed by atoms with van der Waals surface area (Å²) < 4.78 is 13.4. The first kappa shape index (κ1) is 11.8. The topological polar surface area (TPSA) is 29.3 Å². The number of rotatable bonds is 2. The number of hydrogen-bond acceptors (Lipinski definition) is 2. The molecule has 1 heterocycles. The molecule has 0 spiro atoms. The number of nitrogens with two attached hydrogens (primary N) is 1. The fourth-order valence-electron chi connectivity index (χ4n) is 2.39. The Balaban J connectivity index is 2.31. The van der Waals surface area contributed by atoms with Gasteiger partial charge in [-0.3, -0.25) is 4.90 Å². The van der Waals surface area contributed by atoms with Crippen LogP contribution >= 0.6 is 11.6 Å². The van der Waals surface area contributed by atoms with E-state index in [2.05, 4.69) is 11.8 Å². The van der Waals surface area contributed by atoms with Crippen molar-refractivity contribution in [2.24, 2.45) is 5.73 Å². The van der Waals surface area contributed by atoms with Crippen LogP contribution in [0.5, 0.6) is 0 Å². The molecule has 0 aliphatic carbocycles. The maximum absolute atomic E-state index is 13.4. The first-order valence-electron chi connectivity index (χ1n) is 5.58. The van der Waals surface area contributed by atoms with Crippen molar-refractivity contribution in [2.75, 3.05) is 13.1 Å². The monoisotopic (exact) mass is 242 g/mol. The van der Waals surface area contributed by atoms with E-state index in [-0.39, 0.29) is 22.9 Å². The van der Waals surface area contributed by atoms with Crippen molar-refractivity contribution in [1.82, 2.24) is 4.90 Å². The van der Waals surface area contributed by atoms with Crippen LogP contribution in [0.15, 0.2) is 18.2 Å². The largest absolute Gasteiger partial charge is 0.326 e. The SMILES string of the molecule is CCN1CC[C@H](N)[C@H]1c1ccc(Cl)c(F)c1. The standard InChI is InChI=1S/C12H16ClFN2/c1-2-16-6-5-11(15)12(16)8-3-4-9(13)10(14)7-8/h3-4,7,11-12H,2,5-6,15H2,1H3/t11-,12+/m0/s1. The van der Waals surface area contributed by atoms with Gasteiger partial charge >= 0.3 is 0 Å². The molecular weight excluding hydrogens is 227 g/mol. The molecule has 2 nitrogen and oxygen atoms in total. The van der Waals surface area contributed by atoms with Crippen LogP contribution < -0.4 is 5.73 Å². The minimum absolute atomic E-state index is 0.0838. The number of nitrogens with zero attached hydrogens (tertiary/aromatic N) is 1. The third kappa shape index (κ3) is 2.08. The highest BCUT2D eigenvalue weighted by molar-refractivity contribution is 6.30. The Hall–Kier alpha value is -0.640. The minimum atomic E-state index is -0.366. The average Bonchev–Trinajstić information content (AvgIpc) is 2.64. The molecular formula is C12H16ClFN2. The first-order valence-corrected chi connectivity index (χ1v) is 5.96. The summed E-state index contributed by atoms with van der Waals surface area (Å²) in [6, 6.07) is 5.17. The van der Waals surface area contributed by atoms with Crippen molar-refractivity contribution in [3.05, 3.63) is 34.6 Å². The van der Waals surface area contributed by atoms with Gasteiger partial charge in [0.25, 0.3) is 0 Å². The van der Waals surface area contributed by atoms with Gasteiger partial charge in [-0.05, 0) is 30.7 Å². The molecule has 88 valence electrons. The molecule has 1 aromatic carbocycles. The summed E-state index contributed by atoms with van der Waals surface area (Å²) in [5.41, 5.74) is 6.99. The van der Waals surface area contributed by atoms with Crippen molar-refractivity contribution in [3.8, 4) is 0 Å². The summed E-state index contributed by atoms with van der Waals surface area (Å²) in [7, 11) is 0. The van der Waals surface area contributed by atoms with Crippen LogP contribution in [0.25, 0.3) is 0 Å². The summed E-state index contributed by atoms with van der Waals surface area (Å²) >= 11 is 5.67.